The first-order valence-corrected chi connectivity index (χ1v) is 9.23. The standard InChI is InChI=1S/C22H15NO2S/c24-21(15-8-2-1-3-9-15)17-14-22(25-19-12-6-4-10-16(17)19)23-18-11-5-7-13-20(18)26-22/h1-14,23H. The van der Waals surface area contributed by atoms with Crippen LogP contribution in [0, 0.1) is 0 Å². The lowest BCUT2D eigenvalue weighted by atomic mass is 9.94. The maximum atomic E-state index is 13.2. The molecule has 0 bridgehead atoms. The normalized spacial score (nSPS) is 19.8. The highest BCUT2D eigenvalue weighted by Gasteiger charge is 2.43. The summed E-state index contributed by atoms with van der Waals surface area (Å²) in [6.45, 7) is 0. The van der Waals surface area contributed by atoms with Crippen molar-refractivity contribution in [2.75, 3.05) is 5.32 Å². The molecule has 26 heavy (non-hydrogen) atoms. The van der Waals surface area contributed by atoms with E-state index in [0.29, 0.717) is 16.9 Å². The van der Waals surface area contributed by atoms with Gasteiger partial charge in [-0.2, -0.15) is 0 Å². The molecule has 0 aliphatic carbocycles. The van der Waals surface area contributed by atoms with Crippen molar-refractivity contribution in [1.29, 1.82) is 0 Å². The van der Waals surface area contributed by atoms with Crippen LogP contribution in [0.2, 0.25) is 0 Å². The van der Waals surface area contributed by atoms with E-state index < -0.39 is 5.06 Å². The second-order valence-corrected chi connectivity index (χ2v) is 7.49. The van der Waals surface area contributed by atoms with Crippen LogP contribution in [0.3, 0.4) is 0 Å². The van der Waals surface area contributed by atoms with Gasteiger partial charge in [-0.05, 0) is 30.0 Å². The number of carbonyl (C=O) groups excluding carboxylic acids is 1. The van der Waals surface area contributed by atoms with Crippen LogP contribution in [-0.4, -0.2) is 10.8 Å². The van der Waals surface area contributed by atoms with Gasteiger partial charge in [-0.1, -0.05) is 60.7 Å². The number of para-hydroxylation sites is 2. The Kier molecular flexibility index (Phi) is 3.40. The Labute approximate surface area is 155 Å². The van der Waals surface area contributed by atoms with Crippen LogP contribution in [0.4, 0.5) is 5.69 Å². The summed E-state index contributed by atoms with van der Waals surface area (Å²) >= 11 is 1.58. The van der Waals surface area contributed by atoms with Gasteiger partial charge in [-0.3, -0.25) is 4.79 Å². The van der Waals surface area contributed by atoms with Gasteiger partial charge in [0.1, 0.15) is 5.75 Å². The van der Waals surface area contributed by atoms with Crippen LogP contribution >= 0.6 is 11.8 Å². The highest BCUT2D eigenvalue weighted by molar-refractivity contribution is 8.01. The summed E-state index contributed by atoms with van der Waals surface area (Å²) in [6.07, 6.45) is 1.91. The summed E-state index contributed by atoms with van der Waals surface area (Å²) < 4.78 is 6.30. The lowest BCUT2D eigenvalue weighted by molar-refractivity contribution is 0.105. The van der Waals surface area contributed by atoms with Crippen molar-refractivity contribution in [1.82, 2.24) is 0 Å². The molecule has 1 N–H and O–H groups in total. The lowest BCUT2D eigenvalue weighted by Gasteiger charge is -2.33. The molecule has 2 aliphatic heterocycles. The van der Waals surface area contributed by atoms with E-state index in [2.05, 4.69) is 11.4 Å². The van der Waals surface area contributed by atoms with E-state index in [1.165, 1.54) is 0 Å². The molecule has 4 heteroatoms. The van der Waals surface area contributed by atoms with Crippen molar-refractivity contribution in [3.05, 3.63) is 96.1 Å². The molecular weight excluding hydrogens is 342 g/mol. The van der Waals surface area contributed by atoms with Crippen molar-refractivity contribution in [3.63, 3.8) is 0 Å². The fourth-order valence-electron chi connectivity index (χ4n) is 3.32. The predicted molar refractivity (Wildman–Crippen MR) is 104 cm³/mol. The number of anilines is 1. The number of allylic oxidation sites excluding steroid dienone is 1. The van der Waals surface area contributed by atoms with Gasteiger partial charge >= 0.3 is 0 Å². The van der Waals surface area contributed by atoms with Crippen LogP contribution < -0.4 is 10.1 Å². The average molecular weight is 357 g/mol. The molecule has 0 saturated carbocycles. The number of ketones is 1. The monoisotopic (exact) mass is 357 g/mol. The van der Waals surface area contributed by atoms with Crippen molar-refractivity contribution >= 4 is 28.8 Å². The van der Waals surface area contributed by atoms with E-state index in [1.54, 1.807) is 11.8 Å². The van der Waals surface area contributed by atoms with E-state index in [9.17, 15) is 4.79 Å². The zero-order chi connectivity index (χ0) is 17.6. The smallest absolute Gasteiger partial charge is 0.254 e. The van der Waals surface area contributed by atoms with E-state index in [1.807, 2.05) is 78.9 Å². The molecular formula is C22H15NO2S. The van der Waals surface area contributed by atoms with Gasteiger partial charge in [0.15, 0.2) is 5.78 Å². The third-order valence-electron chi connectivity index (χ3n) is 4.51. The molecule has 5 rings (SSSR count). The number of Topliss-reactive ketones (excluding diaryl/α,β-unsaturated/α-hetero) is 1. The number of thioether (sulfide) groups is 1. The first-order valence-electron chi connectivity index (χ1n) is 8.41. The summed E-state index contributed by atoms with van der Waals surface area (Å²) in [5, 5.41) is 2.63. The van der Waals surface area contributed by atoms with E-state index in [-0.39, 0.29) is 5.78 Å². The van der Waals surface area contributed by atoms with Gasteiger partial charge in [-0.25, -0.2) is 0 Å². The third-order valence-corrected chi connectivity index (χ3v) is 5.69. The largest absolute Gasteiger partial charge is 0.454 e. The van der Waals surface area contributed by atoms with E-state index in [0.717, 1.165) is 16.1 Å². The minimum absolute atomic E-state index is 0.000851. The number of hydrogen-bond acceptors (Lipinski definition) is 4. The van der Waals surface area contributed by atoms with Gasteiger partial charge in [0, 0.05) is 27.7 Å². The highest BCUT2D eigenvalue weighted by Crippen LogP contribution is 2.51. The minimum Gasteiger partial charge on any atom is -0.454 e. The Morgan fingerprint density at radius 3 is 2.46 bits per heavy atom. The van der Waals surface area contributed by atoms with Gasteiger partial charge < -0.3 is 10.1 Å². The average Bonchev–Trinajstić information content (AvgIpc) is 3.04. The molecule has 3 nitrogen and oxygen atoms in total. The molecule has 126 valence electrons. The van der Waals surface area contributed by atoms with Gasteiger partial charge in [0.25, 0.3) is 5.06 Å². The second kappa shape index (κ2) is 5.78. The summed E-state index contributed by atoms with van der Waals surface area (Å²) in [7, 11) is 0. The number of hydrogen-bond donors (Lipinski definition) is 1. The quantitative estimate of drug-likeness (QED) is 0.639. The molecule has 3 aromatic rings. The molecule has 0 radical (unpaired) electrons. The number of carbonyl (C=O) groups is 1. The molecule has 2 heterocycles. The second-order valence-electron chi connectivity index (χ2n) is 6.24. The number of rotatable bonds is 2. The molecule has 1 unspecified atom stereocenters. The maximum absolute atomic E-state index is 13.2. The van der Waals surface area contributed by atoms with Gasteiger partial charge in [-0.15, -0.1) is 0 Å². The van der Waals surface area contributed by atoms with E-state index >= 15 is 0 Å². The lowest BCUT2D eigenvalue weighted by Crippen LogP contribution is -2.38. The van der Waals surface area contributed by atoms with Gasteiger partial charge in [0.2, 0.25) is 0 Å². The Hall–Kier alpha value is -2.98. The number of benzene rings is 3. The molecule has 0 saturated heterocycles. The summed E-state index contributed by atoms with van der Waals surface area (Å²) in [5.74, 6) is 0.709. The molecule has 0 fully saturated rings. The Morgan fingerprint density at radius 2 is 1.62 bits per heavy atom. The predicted octanol–water partition coefficient (Wildman–Crippen LogP) is 5.22. The summed E-state index contributed by atoms with van der Waals surface area (Å²) in [5.41, 5.74) is 3.17. The first kappa shape index (κ1) is 15.3. The summed E-state index contributed by atoms with van der Waals surface area (Å²) in [4.78, 5) is 14.3. The number of nitrogens with one attached hydrogen (secondary N) is 1. The highest BCUT2D eigenvalue weighted by atomic mass is 32.2. The molecule has 2 aliphatic rings. The molecule has 3 aromatic carbocycles. The molecule has 0 amide bonds. The molecule has 1 atom stereocenters. The molecule has 0 aromatic heterocycles. The third kappa shape index (κ3) is 2.42. The van der Waals surface area contributed by atoms with Crippen LogP contribution in [0.5, 0.6) is 5.75 Å². The van der Waals surface area contributed by atoms with Crippen molar-refractivity contribution in [2.24, 2.45) is 0 Å². The SMILES string of the molecule is O=C(C1=CC2(Nc3ccccc3S2)Oc2ccccc21)c1ccccc1. The number of fused-ring (bicyclic) bond motifs is 2. The topological polar surface area (TPSA) is 38.3 Å². The van der Waals surface area contributed by atoms with E-state index in [4.69, 9.17) is 4.74 Å². The van der Waals surface area contributed by atoms with Crippen molar-refractivity contribution in [2.45, 2.75) is 9.95 Å². The minimum atomic E-state index is -0.808. The maximum Gasteiger partial charge on any atom is 0.254 e. The zero-order valence-corrected chi connectivity index (χ0v) is 14.6. The number of ether oxygens (including phenoxy) is 1. The molecule has 1 spiro atoms. The van der Waals surface area contributed by atoms with Gasteiger partial charge in [0.05, 0.1) is 5.69 Å². The zero-order valence-electron chi connectivity index (χ0n) is 13.8. The first-order chi connectivity index (χ1) is 12.7. The van der Waals surface area contributed by atoms with Crippen molar-refractivity contribution < 1.29 is 9.53 Å². The van der Waals surface area contributed by atoms with Crippen LogP contribution in [-0.2, 0) is 0 Å². The Balaban J connectivity index is 1.64. The van der Waals surface area contributed by atoms with Crippen LogP contribution in [0.25, 0.3) is 5.57 Å². The fraction of sp³-hybridized carbons (Fsp3) is 0.0455. The van der Waals surface area contributed by atoms with Crippen LogP contribution in [0.15, 0.2) is 89.8 Å². The van der Waals surface area contributed by atoms with Crippen molar-refractivity contribution in [3.8, 4) is 5.75 Å². The fourth-order valence-corrected chi connectivity index (χ4v) is 4.49. The van der Waals surface area contributed by atoms with Crippen LogP contribution in [0.1, 0.15) is 15.9 Å². The summed E-state index contributed by atoms with van der Waals surface area (Å²) in [6, 6.07) is 25.1. The Morgan fingerprint density at radius 1 is 0.885 bits per heavy atom. The Bertz CT molecular complexity index is 1020.